The standard InChI is InChI=1S/C20H15F3N2O2S/c1-11-2-4-16-14(6-11)12(9-25(16)10-19(26)27)7-18-24-15-8-13(20(21,22)23)3-5-17(15)28-18/h2-6,8-9H,7,10H2,1H3,(H,26,27). The van der Waals surface area contributed by atoms with E-state index in [1.807, 2.05) is 25.1 Å². The van der Waals surface area contributed by atoms with Gasteiger partial charge in [-0.25, -0.2) is 4.98 Å². The molecule has 0 fully saturated rings. The van der Waals surface area contributed by atoms with Crippen LogP contribution in [0, 0.1) is 6.92 Å². The average Bonchev–Trinajstić information content (AvgIpc) is 3.14. The molecular weight excluding hydrogens is 389 g/mol. The number of rotatable bonds is 4. The number of halogens is 3. The Hall–Kier alpha value is -2.87. The van der Waals surface area contributed by atoms with E-state index in [2.05, 4.69) is 4.98 Å². The Bertz CT molecular complexity index is 1210. The number of fused-ring (bicyclic) bond motifs is 2. The number of hydrogen-bond donors (Lipinski definition) is 1. The zero-order valence-electron chi connectivity index (χ0n) is 14.7. The molecule has 0 aliphatic heterocycles. The molecule has 4 rings (SSSR count). The van der Waals surface area contributed by atoms with Gasteiger partial charge in [-0.15, -0.1) is 11.3 Å². The van der Waals surface area contributed by atoms with Crippen LogP contribution in [0.4, 0.5) is 13.2 Å². The van der Waals surface area contributed by atoms with Crippen LogP contribution in [0.25, 0.3) is 21.1 Å². The molecule has 2 heterocycles. The molecule has 2 aromatic carbocycles. The molecule has 4 aromatic rings. The van der Waals surface area contributed by atoms with Gasteiger partial charge in [0.25, 0.3) is 0 Å². The lowest BCUT2D eigenvalue weighted by Gasteiger charge is -2.04. The SMILES string of the molecule is Cc1ccc2c(c1)c(Cc1nc3cc(C(F)(F)F)ccc3s1)cn2CC(=O)O. The largest absolute Gasteiger partial charge is 0.480 e. The van der Waals surface area contributed by atoms with E-state index in [1.165, 1.54) is 17.4 Å². The maximum absolute atomic E-state index is 12.9. The van der Waals surface area contributed by atoms with Crippen LogP contribution in [0.3, 0.4) is 0 Å². The van der Waals surface area contributed by atoms with Crippen molar-refractivity contribution < 1.29 is 23.1 Å². The third-order valence-corrected chi connectivity index (χ3v) is 5.56. The van der Waals surface area contributed by atoms with Gasteiger partial charge in [-0.1, -0.05) is 11.6 Å². The molecule has 144 valence electrons. The Labute approximate surface area is 161 Å². The Morgan fingerprint density at radius 3 is 2.71 bits per heavy atom. The second-order valence-corrected chi connectivity index (χ2v) is 7.78. The first-order valence-electron chi connectivity index (χ1n) is 8.47. The molecule has 0 bridgehead atoms. The van der Waals surface area contributed by atoms with Crippen molar-refractivity contribution in [2.24, 2.45) is 0 Å². The van der Waals surface area contributed by atoms with Crippen molar-refractivity contribution in [1.29, 1.82) is 0 Å². The van der Waals surface area contributed by atoms with E-state index in [-0.39, 0.29) is 6.54 Å². The zero-order valence-corrected chi connectivity index (χ0v) is 15.6. The van der Waals surface area contributed by atoms with Crippen LogP contribution in [0.1, 0.15) is 21.7 Å². The van der Waals surface area contributed by atoms with Crippen molar-refractivity contribution in [2.45, 2.75) is 26.1 Å². The number of carboxylic acids is 1. The molecule has 4 nitrogen and oxygen atoms in total. The Kier molecular flexibility index (Phi) is 4.38. The van der Waals surface area contributed by atoms with E-state index in [0.29, 0.717) is 21.6 Å². The molecular formula is C20H15F3N2O2S. The van der Waals surface area contributed by atoms with Gasteiger partial charge in [0.05, 0.1) is 20.8 Å². The van der Waals surface area contributed by atoms with Gasteiger partial charge in [-0.2, -0.15) is 13.2 Å². The molecule has 0 spiro atoms. The summed E-state index contributed by atoms with van der Waals surface area (Å²) in [6.45, 7) is 1.79. The third kappa shape index (κ3) is 3.47. The van der Waals surface area contributed by atoms with Crippen LogP contribution >= 0.6 is 11.3 Å². The second kappa shape index (κ2) is 6.63. The maximum Gasteiger partial charge on any atom is 0.416 e. The molecule has 28 heavy (non-hydrogen) atoms. The lowest BCUT2D eigenvalue weighted by atomic mass is 10.1. The second-order valence-electron chi connectivity index (χ2n) is 6.66. The minimum absolute atomic E-state index is 0.158. The van der Waals surface area contributed by atoms with Crippen molar-refractivity contribution in [3.63, 3.8) is 0 Å². The first kappa shape index (κ1) is 18.5. The number of carbonyl (C=O) groups is 1. The van der Waals surface area contributed by atoms with E-state index in [4.69, 9.17) is 5.11 Å². The summed E-state index contributed by atoms with van der Waals surface area (Å²) in [6.07, 6.45) is -2.20. The number of aliphatic carboxylic acids is 1. The number of aryl methyl sites for hydroxylation is 1. The minimum atomic E-state index is -4.40. The Balaban J connectivity index is 1.75. The summed E-state index contributed by atoms with van der Waals surface area (Å²) in [7, 11) is 0. The normalized spacial score (nSPS) is 12.1. The first-order valence-corrected chi connectivity index (χ1v) is 9.29. The Morgan fingerprint density at radius 1 is 1.21 bits per heavy atom. The quantitative estimate of drug-likeness (QED) is 0.505. The first-order chi connectivity index (χ1) is 13.2. The van der Waals surface area contributed by atoms with Crippen LogP contribution in [0.2, 0.25) is 0 Å². The lowest BCUT2D eigenvalue weighted by Crippen LogP contribution is -2.07. The van der Waals surface area contributed by atoms with E-state index >= 15 is 0 Å². The highest BCUT2D eigenvalue weighted by molar-refractivity contribution is 7.18. The fraction of sp³-hybridized carbons (Fsp3) is 0.200. The molecule has 1 N–H and O–H groups in total. The predicted molar refractivity (Wildman–Crippen MR) is 102 cm³/mol. The zero-order chi connectivity index (χ0) is 20.1. The number of alkyl halides is 3. The number of benzene rings is 2. The summed E-state index contributed by atoms with van der Waals surface area (Å²) in [5.74, 6) is -0.941. The number of aromatic nitrogens is 2. The fourth-order valence-electron chi connectivity index (χ4n) is 3.29. The summed E-state index contributed by atoms with van der Waals surface area (Å²) in [5, 5.41) is 10.8. The summed E-state index contributed by atoms with van der Waals surface area (Å²) in [5.41, 5.74) is 2.35. The Morgan fingerprint density at radius 2 is 2.00 bits per heavy atom. The lowest BCUT2D eigenvalue weighted by molar-refractivity contribution is -0.138. The summed E-state index contributed by atoms with van der Waals surface area (Å²) < 4.78 is 41.1. The molecule has 0 aliphatic rings. The van der Waals surface area contributed by atoms with Crippen LogP contribution in [-0.2, 0) is 23.9 Å². The molecule has 0 amide bonds. The van der Waals surface area contributed by atoms with Crippen molar-refractivity contribution in [3.05, 3.63) is 64.3 Å². The van der Waals surface area contributed by atoms with Crippen LogP contribution < -0.4 is 0 Å². The van der Waals surface area contributed by atoms with Crippen molar-refractivity contribution in [2.75, 3.05) is 0 Å². The van der Waals surface area contributed by atoms with E-state index in [0.717, 1.165) is 34.2 Å². The molecule has 0 aliphatic carbocycles. The molecule has 0 saturated heterocycles. The number of carboxylic acid groups (broad SMARTS) is 1. The highest BCUT2D eigenvalue weighted by atomic mass is 32.1. The van der Waals surface area contributed by atoms with E-state index in [9.17, 15) is 18.0 Å². The van der Waals surface area contributed by atoms with Crippen LogP contribution in [0.5, 0.6) is 0 Å². The van der Waals surface area contributed by atoms with Crippen molar-refractivity contribution in [1.82, 2.24) is 9.55 Å². The minimum Gasteiger partial charge on any atom is -0.480 e. The highest BCUT2D eigenvalue weighted by Gasteiger charge is 2.30. The van der Waals surface area contributed by atoms with Gasteiger partial charge >= 0.3 is 12.1 Å². The third-order valence-electron chi connectivity index (χ3n) is 4.53. The number of thiazole rings is 1. The summed E-state index contributed by atoms with van der Waals surface area (Å²) in [6, 6.07) is 9.35. The molecule has 0 unspecified atom stereocenters. The fourth-order valence-corrected chi connectivity index (χ4v) is 4.26. The number of nitrogens with zero attached hydrogens (tertiary/aromatic N) is 2. The highest BCUT2D eigenvalue weighted by Crippen LogP contribution is 2.34. The molecule has 0 saturated carbocycles. The maximum atomic E-state index is 12.9. The summed E-state index contributed by atoms with van der Waals surface area (Å²) in [4.78, 5) is 15.5. The van der Waals surface area contributed by atoms with E-state index in [1.54, 1.807) is 10.8 Å². The molecule has 8 heteroatoms. The van der Waals surface area contributed by atoms with Crippen LogP contribution in [0.15, 0.2) is 42.6 Å². The van der Waals surface area contributed by atoms with Gasteiger partial charge in [-0.05, 0) is 42.8 Å². The van der Waals surface area contributed by atoms with Gasteiger partial charge < -0.3 is 9.67 Å². The monoisotopic (exact) mass is 404 g/mol. The van der Waals surface area contributed by atoms with Gasteiger partial charge in [0, 0.05) is 23.5 Å². The summed E-state index contributed by atoms with van der Waals surface area (Å²) >= 11 is 1.34. The molecule has 2 aromatic heterocycles. The smallest absolute Gasteiger partial charge is 0.416 e. The topological polar surface area (TPSA) is 55.1 Å². The van der Waals surface area contributed by atoms with Crippen molar-refractivity contribution in [3.8, 4) is 0 Å². The molecule has 0 atom stereocenters. The average molecular weight is 404 g/mol. The number of hydrogen-bond acceptors (Lipinski definition) is 3. The van der Waals surface area contributed by atoms with Gasteiger partial charge in [-0.3, -0.25) is 4.79 Å². The van der Waals surface area contributed by atoms with Crippen molar-refractivity contribution >= 4 is 38.4 Å². The van der Waals surface area contributed by atoms with E-state index < -0.39 is 17.7 Å². The van der Waals surface area contributed by atoms with Gasteiger partial charge in [0.15, 0.2) is 0 Å². The molecule has 0 radical (unpaired) electrons. The predicted octanol–water partition coefficient (Wildman–Crippen LogP) is 5.25. The van der Waals surface area contributed by atoms with Crippen LogP contribution in [-0.4, -0.2) is 20.6 Å². The van der Waals surface area contributed by atoms with Gasteiger partial charge in [0.2, 0.25) is 0 Å². The van der Waals surface area contributed by atoms with Gasteiger partial charge in [0.1, 0.15) is 6.54 Å².